The highest BCUT2D eigenvalue weighted by atomic mass is 35.5. The van der Waals surface area contributed by atoms with Crippen LogP contribution in [-0.2, 0) is 14.8 Å². The summed E-state index contributed by atoms with van der Waals surface area (Å²) < 4.78 is 24.3. The lowest BCUT2D eigenvalue weighted by Gasteiger charge is -2.14. The van der Waals surface area contributed by atoms with Gasteiger partial charge in [0.05, 0.1) is 23.7 Å². The van der Waals surface area contributed by atoms with Crippen molar-refractivity contribution in [1.82, 2.24) is 4.31 Å². The first-order chi connectivity index (χ1) is 8.49. The molecule has 0 aromatic heterocycles. The average molecular weight is 306 g/mol. The van der Waals surface area contributed by atoms with Gasteiger partial charge < -0.3 is 11.1 Å². The van der Waals surface area contributed by atoms with Crippen molar-refractivity contribution in [1.29, 1.82) is 0 Å². The second kappa shape index (κ2) is 6.23. The highest BCUT2D eigenvalue weighted by Gasteiger charge is 2.29. The van der Waals surface area contributed by atoms with E-state index in [0.29, 0.717) is 24.3 Å². The van der Waals surface area contributed by atoms with Gasteiger partial charge in [0.1, 0.15) is 0 Å². The van der Waals surface area contributed by atoms with Crippen LogP contribution >= 0.6 is 12.4 Å². The van der Waals surface area contributed by atoms with Gasteiger partial charge >= 0.3 is 0 Å². The predicted octanol–water partition coefficient (Wildman–Crippen LogP) is 0.665. The zero-order valence-corrected chi connectivity index (χ0v) is 11.8. The van der Waals surface area contributed by atoms with Crippen molar-refractivity contribution in [2.45, 2.75) is 6.42 Å². The van der Waals surface area contributed by atoms with Gasteiger partial charge in [0.15, 0.2) is 0 Å². The molecule has 0 atom stereocenters. The maximum Gasteiger partial charge on any atom is 0.239 e. The van der Waals surface area contributed by atoms with Crippen molar-refractivity contribution in [3.63, 3.8) is 0 Å². The van der Waals surface area contributed by atoms with E-state index in [9.17, 15) is 13.2 Å². The zero-order chi connectivity index (χ0) is 13.2. The number of sulfonamides is 1. The quantitative estimate of drug-likeness (QED) is 0.803. The van der Waals surface area contributed by atoms with Gasteiger partial charge in [0.25, 0.3) is 0 Å². The maximum atomic E-state index is 11.7. The van der Waals surface area contributed by atoms with Gasteiger partial charge in [-0.3, -0.25) is 4.79 Å². The van der Waals surface area contributed by atoms with Crippen LogP contribution in [0.1, 0.15) is 6.42 Å². The summed E-state index contributed by atoms with van der Waals surface area (Å²) in [6.07, 6.45) is 0.573. The lowest BCUT2D eigenvalue weighted by Crippen LogP contribution is -2.34. The molecule has 2 rings (SSSR count). The van der Waals surface area contributed by atoms with Crippen LogP contribution in [0.4, 0.5) is 11.4 Å². The van der Waals surface area contributed by atoms with E-state index in [4.69, 9.17) is 5.73 Å². The largest absolute Gasteiger partial charge is 0.397 e. The number of nitrogens with one attached hydrogen (secondary N) is 1. The molecule has 3 N–H and O–H groups in total. The molecule has 1 aliphatic rings. The van der Waals surface area contributed by atoms with Gasteiger partial charge in [0.2, 0.25) is 15.9 Å². The van der Waals surface area contributed by atoms with E-state index < -0.39 is 10.0 Å². The minimum Gasteiger partial charge on any atom is -0.397 e. The molecule has 1 saturated heterocycles. The number of hydrogen-bond acceptors (Lipinski definition) is 4. The number of nitrogens with two attached hydrogens (primary N) is 1. The number of carbonyl (C=O) groups excluding carboxylic acids is 1. The van der Waals surface area contributed by atoms with Gasteiger partial charge in [0, 0.05) is 6.54 Å². The summed E-state index contributed by atoms with van der Waals surface area (Å²) in [5.41, 5.74) is 6.64. The third kappa shape index (κ3) is 3.82. The molecule has 1 aliphatic heterocycles. The molecule has 0 radical (unpaired) electrons. The third-order valence-electron chi connectivity index (χ3n) is 2.76. The van der Waals surface area contributed by atoms with E-state index in [1.807, 2.05) is 0 Å². The highest BCUT2D eigenvalue weighted by molar-refractivity contribution is 7.89. The summed E-state index contributed by atoms with van der Waals surface area (Å²) in [4.78, 5) is 11.7. The van der Waals surface area contributed by atoms with Crippen molar-refractivity contribution in [2.75, 3.05) is 29.9 Å². The molecule has 1 amide bonds. The van der Waals surface area contributed by atoms with Crippen molar-refractivity contribution < 1.29 is 13.2 Å². The standard InChI is InChI=1S/C11H15N3O3S.ClH/c12-9-4-1-2-5-10(9)13-11(15)8-14-6-3-7-18(14,16)17;/h1-2,4-5H,3,6-8,12H2,(H,13,15);1H. The summed E-state index contributed by atoms with van der Waals surface area (Å²) in [5, 5.41) is 2.60. The number of benzene rings is 1. The highest BCUT2D eigenvalue weighted by Crippen LogP contribution is 2.17. The van der Waals surface area contributed by atoms with E-state index in [-0.39, 0.29) is 30.6 Å². The first-order valence-corrected chi connectivity index (χ1v) is 7.22. The summed E-state index contributed by atoms with van der Waals surface area (Å²) in [6, 6.07) is 6.85. The number of nitrogens with zero attached hydrogens (tertiary/aromatic N) is 1. The summed E-state index contributed by atoms with van der Waals surface area (Å²) >= 11 is 0. The second-order valence-electron chi connectivity index (χ2n) is 4.14. The minimum atomic E-state index is -3.24. The van der Waals surface area contributed by atoms with Crippen molar-refractivity contribution in [3.8, 4) is 0 Å². The van der Waals surface area contributed by atoms with Crippen LogP contribution in [0.15, 0.2) is 24.3 Å². The van der Waals surface area contributed by atoms with Crippen LogP contribution in [-0.4, -0.2) is 37.5 Å². The fourth-order valence-electron chi connectivity index (χ4n) is 1.83. The Morgan fingerprint density at radius 1 is 1.37 bits per heavy atom. The Morgan fingerprint density at radius 3 is 2.63 bits per heavy atom. The Hall–Kier alpha value is -1.31. The van der Waals surface area contributed by atoms with Gasteiger partial charge in [-0.05, 0) is 18.6 Å². The molecule has 0 aliphatic carbocycles. The van der Waals surface area contributed by atoms with Crippen molar-refractivity contribution in [3.05, 3.63) is 24.3 Å². The molecule has 19 heavy (non-hydrogen) atoms. The third-order valence-corrected chi connectivity index (χ3v) is 4.66. The number of halogens is 1. The molecule has 0 bridgehead atoms. The molecule has 106 valence electrons. The summed E-state index contributed by atoms with van der Waals surface area (Å²) in [6.45, 7) is 0.247. The molecule has 0 unspecified atom stereocenters. The first kappa shape index (κ1) is 15.7. The molecule has 8 heteroatoms. The molecule has 1 heterocycles. The number of carbonyl (C=O) groups is 1. The van der Waals surface area contributed by atoms with E-state index in [2.05, 4.69) is 5.32 Å². The lowest BCUT2D eigenvalue weighted by atomic mass is 10.2. The Morgan fingerprint density at radius 2 is 2.05 bits per heavy atom. The van der Waals surface area contributed by atoms with Crippen LogP contribution in [0.3, 0.4) is 0 Å². The predicted molar refractivity (Wildman–Crippen MR) is 76.7 cm³/mol. The number of nitrogen functional groups attached to an aromatic ring is 1. The monoisotopic (exact) mass is 305 g/mol. The molecule has 6 nitrogen and oxygen atoms in total. The first-order valence-electron chi connectivity index (χ1n) is 5.61. The Kier molecular flexibility index (Phi) is 5.16. The topological polar surface area (TPSA) is 92.5 Å². The molecule has 1 aromatic rings. The molecular weight excluding hydrogens is 290 g/mol. The van der Waals surface area contributed by atoms with Gasteiger partial charge in [-0.25, -0.2) is 8.42 Å². The SMILES string of the molecule is Cl.Nc1ccccc1NC(=O)CN1CCCS1(=O)=O. The van der Waals surface area contributed by atoms with Gasteiger partial charge in [-0.15, -0.1) is 12.4 Å². The molecule has 0 spiro atoms. The maximum absolute atomic E-state index is 11.7. The molecule has 1 fully saturated rings. The zero-order valence-electron chi connectivity index (χ0n) is 10.2. The van der Waals surface area contributed by atoms with Crippen LogP contribution in [0.5, 0.6) is 0 Å². The smallest absolute Gasteiger partial charge is 0.239 e. The fraction of sp³-hybridized carbons (Fsp3) is 0.364. The number of para-hydroxylation sites is 2. The van der Waals surface area contributed by atoms with Crippen LogP contribution in [0, 0.1) is 0 Å². The van der Waals surface area contributed by atoms with Crippen LogP contribution in [0.2, 0.25) is 0 Å². The van der Waals surface area contributed by atoms with Crippen LogP contribution in [0.25, 0.3) is 0 Å². The molecular formula is C11H16ClN3O3S. The Labute approximate surface area is 118 Å². The van der Waals surface area contributed by atoms with Crippen molar-refractivity contribution >= 4 is 39.7 Å². The minimum absolute atomic E-state index is 0. The van der Waals surface area contributed by atoms with E-state index >= 15 is 0 Å². The number of rotatable bonds is 3. The normalized spacial score (nSPS) is 17.7. The van der Waals surface area contributed by atoms with E-state index in [0.717, 1.165) is 0 Å². The van der Waals surface area contributed by atoms with E-state index in [1.54, 1.807) is 24.3 Å². The van der Waals surface area contributed by atoms with Crippen molar-refractivity contribution in [2.24, 2.45) is 0 Å². The number of hydrogen-bond donors (Lipinski definition) is 2. The molecule has 0 saturated carbocycles. The summed E-state index contributed by atoms with van der Waals surface area (Å²) in [5.74, 6) is -0.258. The Bertz CT molecular complexity index is 562. The van der Waals surface area contributed by atoms with Crippen LogP contribution < -0.4 is 11.1 Å². The van der Waals surface area contributed by atoms with E-state index in [1.165, 1.54) is 4.31 Å². The average Bonchev–Trinajstić information content (AvgIpc) is 2.62. The Balaban J connectivity index is 0.00000180. The fourth-order valence-corrected chi connectivity index (χ4v) is 3.30. The number of anilines is 2. The summed E-state index contributed by atoms with van der Waals surface area (Å²) in [7, 11) is -3.24. The second-order valence-corrected chi connectivity index (χ2v) is 6.23. The lowest BCUT2D eigenvalue weighted by molar-refractivity contribution is -0.116. The molecule has 1 aromatic carbocycles. The van der Waals surface area contributed by atoms with Gasteiger partial charge in [-0.2, -0.15) is 4.31 Å². The number of amides is 1. The van der Waals surface area contributed by atoms with Gasteiger partial charge in [-0.1, -0.05) is 12.1 Å².